The molecule has 1 aliphatic rings. The molecule has 1 aromatic heterocycles. The molecule has 82 valence electrons. The fraction of sp³-hybridized carbons (Fsp3) is 0.545. The Hall–Kier alpha value is -0.610. The molecule has 0 unspecified atom stereocenters. The summed E-state index contributed by atoms with van der Waals surface area (Å²) in [4.78, 5) is 3.83. The maximum Gasteiger partial charge on any atom is 0.141 e. The Bertz CT molecular complexity index is 313. The van der Waals surface area contributed by atoms with Crippen LogP contribution in [0.1, 0.15) is 18.4 Å². The van der Waals surface area contributed by atoms with Crippen molar-refractivity contribution in [2.45, 2.75) is 25.4 Å². The summed E-state index contributed by atoms with van der Waals surface area (Å²) < 4.78 is 12.8. The number of hydrogen-bond acceptors (Lipinski definition) is 3. The Morgan fingerprint density at radius 1 is 1.40 bits per heavy atom. The number of rotatable bonds is 3. The molecule has 1 fully saturated rings. The Kier molecular flexibility index (Phi) is 3.97. The van der Waals surface area contributed by atoms with Crippen LogP contribution in [-0.2, 0) is 6.54 Å². The highest BCUT2D eigenvalue weighted by atomic mass is 32.2. The summed E-state index contributed by atoms with van der Waals surface area (Å²) >= 11 is 2.01. The lowest BCUT2D eigenvalue weighted by molar-refractivity contribution is 0.480. The molecule has 0 aromatic carbocycles. The summed E-state index contributed by atoms with van der Waals surface area (Å²) in [5, 5.41) is 3.45. The zero-order chi connectivity index (χ0) is 10.5. The summed E-state index contributed by atoms with van der Waals surface area (Å²) in [6.45, 7) is 0.722. The highest BCUT2D eigenvalue weighted by Gasteiger charge is 2.12. The second kappa shape index (κ2) is 5.47. The van der Waals surface area contributed by atoms with Crippen molar-refractivity contribution in [3.63, 3.8) is 0 Å². The van der Waals surface area contributed by atoms with Crippen LogP contribution >= 0.6 is 11.8 Å². The third kappa shape index (κ3) is 3.47. The molecule has 0 bridgehead atoms. The van der Waals surface area contributed by atoms with Crippen LogP contribution in [-0.4, -0.2) is 22.5 Å². The number of nitrogens with one attached hydrogen (secondary N) is 1. The van der Waals surface area contributed by atoms with E-state index in [1.54, 1.807) is 6.20 Å². The van der Waals surface area contributed by atoms with E-state index in [9.17, 15) is 4.39 Å². The molecule has 1 N–H and O–H groups in total. The lowest BCUT2D eigenvalue weighted by atomic mass is 10.1. The van der Waals surface area contributed by atoms with Crippen molar-refractivity contribution < 1.29 is 4.39 Å². The van der Waals surface area contributed by atoms with Crippen LogP contribution in [0.15, 0.2) is 18.5 Å². The van der Waals surface area contributed by atoms with E-state index in [4.69, 9.17) is 0 Å². The molecule has 15 heavy (non-hydrogen) atoms. The molecule has 1 saturated heterocycles. The molecular formula is C11H15FN2S. The van der Waals surface area contributed by atoms with Crippen molar-refractivity contribution >= 4 is 11.8 Å². The first-order chi connectivity index (χ1) is 7.34. The fourth-order valence-electron chi connectivity index (χ4n) is 1.72. The van der Waals surface area contributed by atoms with Crippen LogP contribution in [0, 0.1) is 5.82 Å². The fourth-order valence-corrected chi connectivity index (χ4v) is 2.82. The Labute approximate surface area is 93.7 Å². The monoisotopic (exact) mass is 226 g/mol. The van der Waals surface area contributed by atoms with Gasteiger partial charge in [-0.15, -0.1) is 0 Å². The second-order valence-corrected chi connectivity index (χ2v) is 5.00. The molecule has 1 aromatic rings. The van der Waals surface area contributed by atoms with Crippen molar-refractivity contribution in [3.05, 3.63) is 29.8 Å². The van der Waals surface area contributed by atoms with Gasteiger partial charge in [0.25, 0.3) is 0 Å². The minimum Gasteiger partial charge on any atom is -0.310 e. The van der Waals surface area contributed by atoms with E-state index in [0.29, 0.717) is 6.04 Å². The van der Waals surface area contributed by atoms with Gasteiger partial charge < -0.3 is 5.32 Å². The number of nitrogens with zero attached hydrogens (tertiary/aromatic N) is 1. The van der Waals surface area contributed by atoms with E-state index < -0.39 is 0 Å². The van der Waals surface area contributed by atoms with Crippen LogP contribution < -0.4 is 5.32 Å². The molecule has 2 heterocycles. The SMILES string of the molecule is Fc1cncc(CNC2CCSCC2)c1. The summed E-state index contributed by atoms with van der Waals surface area (Å²) in [6.07, 6.45) is 5.38. The largest absolute Gasteiger partial charge is 0.310 e. The zero-order valence-electron chi connectivity index (χ0n) is 8.58. The highest BCUT2D eigenvalue weighted by molar-refractivity contribution is 7.99. The van der Waals surface area contributed by atoms with Gasteiger partial charge in [-0.05, 0) is 36.0 Å². The highest BCUT2D eigenvalue weighted by Crippen LogP contribution is 2.17. The predicted octanol–water partition coefficient (Wildman–Crippen LogP) is 2.21. The lowest BCUT2D eigenvalue weighted by Crippen LogP contribution is -2.32. The molecule has 2 rings (SSSR count). The van der Waals surface area contributed by atoms with Crippen molar-refractivity contribution in [1.82, 2.24) is 10.3 Å². The molecule has 0 amide bonds. The smallest absolute Gasteiger partial charge is 0.141 e. The molecule has 0 saturated carbocycles. The van der Waals surface area contributed by atoms with Gasteiger partial charge in [0, 0.05) is 18.8 Å². The van der Waals surface area contributed by atoms with Gasteiger partial charge in [0.2, 0.25) is 0 Å². The molecule has 0 spiro atoms. The van der Waals surface area contributed by atoms with E-state index in [2.05, 4.69) is 10.3 Å². The van der Waals surface area contributed by atoms with E-state index in [1.807, 2.05) is 11.8 Å². The van der Waals surface area contributed by atoms with Gasteiger partial charge in [0.15, 0.2) is 0 Å². The Balaban J connectivity index is 1.81. The van der Waals surface area contributed by atoms with E-state index in [1.165, 1.54) is 36.6 Å². The van der Waals surface area contributed by atoms with Crippen molar-refractivity contribution in [3.8, 4) is 0 Å². The molecule has 1 aliphatic heterocycles. The van der Waals surface area contributed by atoms with Gasteiger partial charge in [-0.1, -0.05) is 0 Å². The summed E-state index contributed by atoms with van der Waals surface area (Å²) in [5.41, 5.74) is 0.924. The predicted molar refractivity (Wildman–Crippen MR) is 61.4 cm³/mol. The van der Waals surface area contributed by atoms with Gasteiger partial charge in [-0.3, -0.25) is 4.98 Å². The van der Waals surface area contributed by atoms with Crippen LogP contribution in [0.2, 0.25) is 0 Å². The average Bonchev–Trinajstić information content (AvgIpc) is 2.28. The Morgan fingerprint density at radius 2 is 2.20 bits per heavy atom. The minimum atomic E-state index is -0.256. The van der Waals surface area contributed by atoms with Gasteiger partial charge in [0.05, 0.1) is 6.20 Å². The number of aromatic nitrogens is 1. The Morgan fingerprint density at radius 3 is 2.93 bits per heavy atom. The summed E-state index contributed by atoms with van der Waals surface area (Å²) in [7, 11) is 0. The quantitative estimate of drug-likeness (QED) is 0.855. The topological polar surface area (TPSA) is 24.9 Å². The molecule has 2 nitrogen and oxygen atoms in total. The van der Waals surface area contributed by atoms with E-state index in [-0.39, 0.29) is 5.82 Å². The molecule has 0 atom stereocenters. The van der Waals surface area contributed by atoms with Gasteiger partial charge >= 0.3 is 0 Å². The average molecular weight is 226 g/mol. The standard InChI is InChI=1S/C11H15FN2S/c12-10-5-9(6-13-8-10)7-14-11-1-3-15-4-2-11/h5-6,8,11,14H,1-4,7H2. The number of thioether (sulfide) groups is 1. The minimum absolute atomic E-state index is 0.256. The third-order valence-corrected chi connectivity index (χ3v) is 3.63. The lowest BCUT2D eigenvalue weighted by Gasteiger charge is -2.22. The van der Waals surface area contributed by atoms with Crippen LogP contribution in [0.25, 0.3) is 0 Å². The number of halogens is 1. The summed E-state index contributed by atoms with van der Waals surface area (Å²) in [6, 6.07) is 2.13. The third-order valence-electron chi connectivity index (χ3n) is 2.58. The van der Waals surface area contributed by atoms with Crippen LogP contribution in [0.5, 0.6) is 0 Å². The number of pyridine rings is 1. The van der Waals surface area contributed by atoms with Gasteiger partial charge in [0.1, 0.15) is 5.82 Å². The first kappa shape index (κ1) is 10.9. The van der Waals surface area contributed by atoms with Crippen molar-refractivity contribution in [2.24, 2.45) is 0 Å². The van der Waals surface area contributed by atoms with E-state index in [0.717, 1.165) is 12.1 Å². The normalized spacial score (nSPS) is 17.9. The molecule has 0 aliphatic carbocycles. The van der Waals surface area contributed by atoms with Crippen LogP contribution in [0.4, 0.5) is 4.39 Å². The maximum atomic E-state index is 12.8. The zero-order valence-corrected chi connectivity index (χ0v) is 9.39. The van der Waals surface area contributed by atoms with Gasteiger partial charge in [-0.25, -0.2) is 4.39 Å². The van der Waals surface area contributed by atoms with Crippen molar-refractivity contribution in [1.29, 1.82) is 0 Å². The van der Waals surface area contributed by atoms with Gasteiger partial charge in [-0.2, -0.15) is 11.8 Å². The second-order valence-electron chi connectivity index (χ2n) is 3.78. The first-order valence-electron chi connectivity index (χ1n) is 5.25. The van der Waals surface area contributed by atoms with Crippen LogP contribution in [0.3, 0.4) is 0 Å². The first-order valence-corrected chi connectivity index (χ1v) is 6.40. The maximum absolute atomic E-state index is 12.8. The van der Waals surface area contributed by atoms with E-state index >= 15 is 0 Å². The number of hydrogen-bond donors (Lipinski definition) is 1. The summed E-state index contributed by atoms with van der Waals surface area (Å²) in [5.74, 6) is 2.21. The molecule has 4 heteroatoms. The van der Waals surface area contributed by atoms with Crippen molar-refractivity contribution in [2.75, 3.05) is 11.5 Å². The molecular weight excluding hydrogens is 211 g/mol. The molecule has 0 radical (unpaired) electrons.